The van der Waals surface area contributed by atoms with Crippen LogP contribution in [-0.4, -0.2) is 54.7 Å². The van der Waals surface area contributed by atoms with Crippen molar-refractivity contribution in [3.05, 3.63) is 29.3 Å². The average Bonchev–Trinajstić information content (AvgIpc) is 2.93. The molecule has 1 aromatic carbocycles. The van der Waals surface area contributed by atoms with Crippen molar-refractivity contribution in [1.82, 2.24) is 9.80 Å². The van der Waals surface area contributed by atoms with Gasteiger partial charge in [0.25, 0.3) is 0 Å². The molecule has 1 N–H and O–H groups in total. The molecule has 2 rings (SSSR count). The molecule has 1 fully saturated rings. The topological polar surface area (TPSA) is 35.9 Å². The zero-order valence-corrected chi connectivity index (χ0v) is 15.2. The zero-order valence-electron chi connectivity index (χ0n) is 15.2. The van der Waals surface area contributed by atoms with Gasteiger partial charge in [-0.25, -0.2) is 0 Å². The molecule has 4 nitrogen and oxygen atoms in total. The Balaban J connectivity index is 2.07. The second-order valence-electron chi connectivity index (χ2n) is 7.17. The molecule has 1 aliphatic heterocycles. The summed E-state index contributed by atoms with van der Waals surface area (Å²) in [6.07, 6.45) is 0. The number of hydrogen-bond donors (Lipinski definition) is 1. The quantitative estimate of drug-likeness (QED) is 0.838. The normalized spacial score (nSPS) is 22.3. The van der Waals surface area contributed by atoms with E-state index in [2.05, 4.69) is 49.9 Å². The van der Waals surface area contributed by atoms with E-state index >= 15 is 0 Å². The molecule has 2 atom stereocenters. The fourth-order valence-corrected chi connectivity index (χ4v) is 3.63. The molecule has 0 bridgehead atoms. The number of rotatable bonds is 7. The Kier molecular flexibility index (Phi) is 6.45. The molecule has 23 heavy (non-hydrogen) atoms. The fraction of sp³-hybridized carbons (Fsp3) is 0.684. The van der Waals surface area contributed by atoms with E-state index < -0.39 is 0 Å². The van der Waals surface area contributed by atoms with Crippen molar-refractivity contribution in [2.75, 3.05) is 33.8 Å². The van der Waals surface area contributed by atoms with Crippen LogP contribution in [0, 0.1) is 11.8 Å². The molecule has 0 aliphatic carbocycles. The number of likely N-dealkylation sites (N-methyl/N-ethyl adjacent to an activating group) is 1. The Morgan fingerprint density at radius 2 is 2.04 bits per heavy atom. The molecule has 1 saturated heterocycles. The number of aliphatic hydroxyl groups excluding tert-OH is 1. The first-order valence-corrected chi connectivity index (χ1v) is 8.70. The van der Waals surface area contributed by atoms with E-state index in [9.17, 15) is 5.11 Å². The third-order valence-electron chi connectivity index (χ3n) is 4.93. The smallest absolute Gasteiger partial charge is 0.124 e. The van der Waals surface area contributed by atoms with E-state index in [0.717, 1.165) is 30.9 Å². The van der Waals surface area contributed by atoms with Crippen LogP contribution in [0.5, 0.6) is 5.75 Å². The number of nitrogens with zero attached hydrogens (tertiary/aromatic N) is 2. The Hall–Kier alpha value is -1.10. The molecule has 1 heterocycles. The van der Waals surface area contributed by atoms with Gasteiger partial charge in [0, 0.05) is 31.2 Å². The first-order valence-electron chi connectivity index (χ1n) is 8.70. The molecule has 0 saturated carbocycles. The standard InChI is InChI=1S/C19H32N2O2/c1-6-23-19-8-7-15(9-16(19)13-22)10-21-11-17(14(2)3)18(12-21)20(4)5/h7-9,14,17-18,22H,6,10-13H2,1-5H3/t17-,18+/m0/s1. The van der Waals surface area contributed by atoms with Gasteiger partial charge in [-0.05, 0) is 50.6 Å². The van der Waals surface area contributed by atoms with Crippen LogP contribution in [-0.2, 0) is 13.2 Å². The maximum atomic E-state index is 9.56. The lowest BCUT2D eigenvalue weighted by Crippen LogP contribution is -2.37. The van der Waals surface area contributed by atoms with Crippen LogP contribution < -0.4 is 4.74 Å². The SMILES string of the molecule is CCOc1ccc(CN2C[C@@H](N(C)C)[C@H](C(C)C)C2)cc1CO. The average molecular weight is 320 g/mol. The van der Waals surface area contributed by atoms with Crippen LogP contribution in [0.4, 0.5) is 0 Å². The summed E-state index contributed by atoms with van der Waals surface area (Å²) >= 11 is 0. The molecule has 1 aromatic rings. The summed E-state index contributed by atoms with van der Waals surface area (Å²) < 4.78 is 5.57. The largest absolute Gasteiger partial charge is 0.494 e. The molecule has 130 valence electrons. The van der Waals surface area contributed by atoms with Crippen LogP contribution in [0.2, 0.25) is 0 Å². The maximum Gasteiger partial charge on any atom is 0.124 e. The fourth-order valence-electron chi connectivity index (χ4n) is 3.63. The third-order valence-corrected chi connectivity index (χ3v) is 4.93. The molecule has 0 unspecified atom stereocenters. The van der Waals surface area contributed by atoms with Crippen LogP contribution in [0.3, 0.4) is 0 Å². The highest BCUT2D eigenvalue weighted by Gasteiger charge is 2.35. The molecular formula is C19H32N2O2. The van der Waals surface area contributed by atoms with Crippen LogP contribution in [0.1, 0.15) is 31.9 Å². The van der Waals surface area contributed by atoms with Crippen LogP contribution in [0.15, 0.2) is 18.2 Å². The Morgan fingerprint density at radius 1 is 1.30 bits per heavy atom. The Bertz CT molecular complexity index is 486. The predicted octanol–water partition coefficient (Wildman–Crippen LogP) is 2.60. The van der Waals surface area contributed by atoms with Crippen molar-refractivity contribution in [2.45, 2.75) is 40.0 Å². The maximum absolute atomic E-state index is 9.56. The van der Waals surface area contributed by atoms with Gasteiger partial charge in [0.15, 0.2) is 0 Å². The number of hydrogen-bond acceptors (Lipinski definition) is 4. The van der Waals surface area contributed by atoms with Gasteiger partial charge in [-0.1, -0.05) is 19.9 Å². The van der Waals surface area contributed by atoms with Gasteiger partial charge in [-0.15, -0.1) is 0 Å². The minimum absolute atomic E-state index is 0.0259. The molecule has 4 heteroatoms. The number of aliphatic hydroxyl groups is 1. The number of likely N-dealkylation sites (tertiary alicyclic amines) is 1. The lowest BCUT2D eigenvalue weighted by atomic mass is 9.91. The third kappa shape index (κ3) is 4.46. The van der Waals surface area contributed by atoms with Gasteiger partial charge in [0.1, 0.15) is 5.75 Å². The van der Waals surface area contributed by atoms with Gasteiger partial charge in [-0.3, -0.25) is 4.90 Å². The predicted molar refractivity (Wildman–Crippen MR) is 94.6 cm³/mol. The summed E-state index contributed by atoms with van der Waals surface area (Å²) in [7, 11) is 4.37. The summed E-state index contributed by atoms with van der Waals surface area (Å²) in [5, 5.41) is 9.56. The lowest BCUT2D eigenvalue weighted by Gasteiger charge is -2.27. The first kappa shape index (κ1) is 18.2. The van der Waals surface area contributed by atoms with E-state index in [-0.39, 0.29) is 6.61 Å². The summed E-state index contributed by atoms with van der Waals surface area (Å²) in [4.78, 5) is 4.90. The second kappa shape index (κ2) is 8.13. The minimum atomic E-state index is 0.0259. The second-order valence-corrected chi connectivity index (χ2v) is 7.17. The van der Waals surface area contributed by atoms with Gasteiger partial charge >= 0.3 is 0 Å². The molecule has 0 amide bonds. The molecular weight excluding hydrogens is 288 g/mol. The van der Waals surface area contributed by atoms with Crippen LogP contribution in [0.25, 0.3) is 0 Å². The molecule has 1 aliphatic rings. The summed E-state index contributed by atoms with van der Waals surface area (Å²) in [5.74, 6) is 2.21. The van der Waals surface area contributed by atoms with Gasteiger partial charge in [-0.2, -0.15) is 0 Å². The van der Waals surface area contributed by atoms with E-state index in [1.807, 2.05) is 13.0 Å². The zero-order chi connectivity index (χ0) is 17.0. The summed E-state index contributed by atoms with van der Waals surface area (Å²) in [5.41, 5.74) is 2.13. The highest BCUT2D eigenvalue weighted by molar-refractivity contribution is 5.37. The summed E-state index contributed by atoms with van der Waals surface area (Å²) in [6, 6.07) is 6.81. The highest BCUT2D eigenvalue weighted by atomic mass is 16.5. The molecule has 0 radical (unpaired) electrons. The summed E-state index contributed by atoms with van der Waals surface area (Å²) in [6.45, 7) is 10.5. The van der Waals surface area contributed by atoms with Crippen molar-refractivity contribution >= 4 is 0 Å². The van der Waals surface area contributed by atoms with Crippen molar-refractivity contribution in [1.29, 1.82) is 0 Å². The first-order chi connectivity index (χ1) is 11.0. The van der Waals surface area contributed by atoms with Gasteiger partial charge in [0.2, 0.25) is 0 Å². The minimum Gasteiger partial charge on any atom is -0.494 e. The van der Waals surface area contributed by atoms with Crippen molar-refractivity contribution in [3.8, 4) is 5.75 Å². The van der Waals surface area contributed by atoms with Crippen molar-refractivity contribution < 1.29 is 9.84 Å². The highest BCUT2D eigenvalue weighted by Crippen LogP contribution is 2.29. The van der Waals surface area contributed by atoms with Gasteiger partial charge in [0.05, 0.1) is 13.2 Å². The number of benzene rings is 1. The van der Waals surface area contributed by atoms with Crippen LogP contribution >= 0.6 is 0 Å². The molecule has 0 spiro atoms. The molecule has 0 aromatic heterocycles. The Morgan fingerprint density at radius 3 is 2.57 bits per heavy atom. The van der Waals surface area contributed by atoms with E-state index in [0.29, 0.717) is 24.5 Å². The van der Waals surface area contributed by atoms with Gasteiger partial charge < -0.3 is 14.7 Å². The lowest BCUT2D eigenvalue weighted by molar-refractivity contribution is 0.215. The van der Waals surface area contributed by atoms with Crippen molar-refractivity contribution in [2.24, 2.45) is 11.8 Å². The van der Waals surface area contributed by atoms with Crippen molar-refractivity contribution in [3.63, 3.8) is 0 Å². The number of ether oxygens (including phenoxy) is 1. The monoisotopic (exact) mass is 320 g/mol. The van der Waals surface area contributed by atoms with E-state index in [1.54, 1.807) is 0 Å². The van der Waals surface area contributed by atoms with E-state index in [4.69, 9.17) is 4.74 Å². The Labute approximate surface area is 141 Å². The van der Waals surface area contributed by atoms with E-state index in [1.165, 1.54) is 5.56 Å².